The fraction of sp³-hybridized carbons (Fsp3) is 0.136. The highest BCUT2D eigenvalue weighted by atomic mass is 32.1. The maximum atomic E-state index is 12.8. The number of benzene rings is 2. The van der Waals surface area contributed by atoms with Gasteiger partial charge >= 0.3 is 0 Å². The van der Waals surface area contributed by atoms with E-state index in [-0.39, 0.29) is 23.1 Å². The number of fused-ring (bicyclic) bond motifs is 3. The van der Waals surface area contributed by atoms with Gasteiger partial charge in [0.25, 0.3) is 0 Å². The minimum absolute atomic E-state index is 0.167. The monoisotopic (exact) mass is 373 g/mol. The summed E-state index contributed by atoms with van der Waals surface area (Å²) < 4.78 is 6.67. The van der Waals surface area contributed by atoms with Crippen LogP contribution in [-0.2, 0) is 0 Å². The molecule has 5 heteroatoms. The summed E-state index contributed by atoms with van der Waals surface area (Å²) >= 11 is 1.42. The molecule has 4 aromatic rings. The van der Waals surface area contributed by atoms with E-state index in [0.717, 1.165) is 21.2 Å². The summed E-state index contributed by atoms with van der Waals surface area (Å²) in [5.74, 6) is 0.691. The Hall–Kier alpha value is -3.05. The first kappa shape index (κ1) is 16.1. The number of furan rings is 1. The lowest BCUT2D eigenvalue weighted by atomic mass is 10.0. The number of hydrogen-bond donors (Lipinski definition) is 0. The summed E-state index contributed by atoms with van der Waals surface area (Å²) in [5.41, 5.74) is 1.65. The maximum absolute atomic E-state index is 12.8. The molecule has 5 rings (SSSR count). The van der Waals surface area contributed by atoms with Crippen molar-refractivity contribution in [3.8, 4) is 0 Å². The predicted octanol–water partition coefficient (Wildman–Crippen LogP) is 5.63. The number of allylic oxidation sites excluding steroid dienone is 1. The molecule has 27 heavy (non-hydrogen) atoms. The maximum Gasteiger partial charge on any atom is 0.237 e. The molecule has 1 aliphatic carbocycles. The molecule has 0 spiro atoms. The van der Waals surface area contributed by atoms with E-state index in [1.54, 1.807) is 18.2 Å². The Labute approximate surface area is 159 Å². The molecule has 0 atom stereocenters. The predicted molar refractivity (Wildman–Crippen MR) is 107 cm³/mol. The quantitative estimate of drug-likeness (QED) is 0.337. The first-order chi connectivity index (χ1) is 13.0. The van der Waals surface area contributed by atoms with Crippen molar-refractivity contribution in [2.24, 2.45) is 0 Å². The van der Waals surface area contributed by atoms with Crippen LogP contribution in [-0.4, -0.2) is 16.6 Å². The second kappa shape index (κ2) is 5.72. The molecular weight excluding hydrogens is 358 g/mol. The zero-order valence-electron chi connectivity index (χ0n) is 14.8. The van der Waals surface area contributed by atoms with Gasteiger partial charge in [0.05, 0.1) is 10.3 Å². The lowest BCUT2D eigenvalue weighted by Gasteiger charge is -2.00. The van der Waals surface area contributed by atoms with Gasteiger partial charge in [-0.1, -0.05) is 38.1 Å². The number of ketones is 2. The van der Waals surface area contributed by atoms with Gasteiger partial charge in [0.2, 0.25) is 5.71 Å². The summed E-state index contributed by atoms with van der Waals surface area (Å²) in [6.07, 6.45) is 1.59. The van der Waals surface area contributed by atoms with Crippen molar-refractivity contribution >= 4 is 50.2 Å². The molecule has 0 bridgehead atoms. The summed E-state index contributed by atoms with van der Waals surface area (Å²) in [4.78, 5) is 30.1. The third kappa shape index (κ3) is 2.46. The minimum Gasteiger partial charge on any atom is -0.442 e. The lowest BCUT2D eigenvalue weighted by Crippen LogP contribution is -2.00. The normalized spacial score (nSPS) is 14.0. The van der Waals surface area contributed by atoms with E-state index < -0.39 is 0 Å². The second-order valence-electron chi connectivity index (χ2n) is 6.99. The number of hydrogen-bond acceptors (Lipinski definition) is 5. The van der Waals surface area contributed by atoms with Crippen molar-refractivity contribution in [2.45, 2.75) is 19.8 Å². The van der Waals surface area contributed by atoms with E-state index in [4.69, 9.17) is 4.42 Å². The van der Waals surface area contributed by atoms with Gasteiger partial charge in [-0.15, -0.1) is 11.3 Å². The van der Waals surface area contributed by atoms with Crippen LogP contribution in [0.25, 0.3) is 27.3 Å². The number of rotatable bonds is 2. The van der Waals surface area contributed by atoms with Crippen LogP contribution < -0.4 is 0 Å². The molecule has 2 heterocycles. The standard InChI is InChI=1S/C22H15NO3S/c1-11(2)17-10-18-22(26-17)23-19(27-18)9-16-20(24)14-7-12-5-3-4-6-13(12)8-15(14)21(16)25/h3-11H,1-2H3. The van der Waals surface area contributed by atoms with E-state index in [9.17, 15) is 9.59 Å². The van der Waals surface area contributed by atoms with Crippen LogP contribution >= 0.6 is 11.3 Å². The molecular formula is C22H15NO3S. The average Bonchev–Trinajstić information content (AvgIpc) is 3.28. The molecule has 0 unspecified atom stereocenters. The molecule has 0 saturated heterocycles. The molecule has 0 aliphatic heterocycles. The van der Waals surface area contributed by atoms with Crippen LogP contribution in [0.5, 0.6) is 0 Å². The van der Waals surface area contributed by atoms with Gasteiger partial charge in [-0.3, -0.25) is 9.59 Å². The van der Waals surface area contributed by atoms with E-state index in [1.807, 2.05) is 30.3 Å². The molecule has 0 saturated carbocycles. The zero-order valence-corrected chi connectivity index (χ0v) is 15.6. The summed E-state index contributed by atoms with van der Waals surface area (Å²) in [5, 5.41) is 2.51. The number of carbonyl (C=O) groups excluding carboxylic acids is 2. The fourth-order valence-corrected chi connectivity index (χ4v) is 4.26. The van der Waals surface area contributed by atoms with Crippen molar-refractivity contribution in [3.05, 3.63) is 69.9 Å². The van der Waals surface area contributed by atoms with Crippen LogP contribution in [0.15, 0.2) is 52.5 Å². The summed E-state index contributed by atoms with van der Waals surface area (Å²) in [6, 6.07) is 13.3. The molecule has 2 aromatic heterocycles. The van der Waals surface area contributed by atoms with E-state index in [1.165, 1.54) is 11.3 Å². The second-order valence-corrected chi connectivity index (χ2v) is 8.05. The molecule has 0 radical (unpaired) electrons. The van der Waals surface area contributed by atoms with Crippen LogP contribution in [0.4, 0.5) is 0 Å². The highest BCUT2D eigenvalue weighted by Crippen LogP contribution is 2.34. The molecule has 4 nitrogen and oxygen atoms in total. The Bertz CT molecular complexity index is 1200. The highest BCUT2D eigenvalue weighted by Gasteiger charge is 2.33. The van der Waals surface area contributed by atoms with Crippen LogP contribution in [0, 0.1) is 0 Å². The van der Waals surface area contributed by atoms with Gasteiger partial charge in [0.15, 0.2) is 11.6 Å². The number of carbonyl (C=O) groups is 2. The van der Waals surface area contributed by atoms with Gasteiger partial charge in [-0.25, -0.2) is 4.98 Å². The molecule has 0 N–H and O–H groups in total. The fourth-order valence-electron chi connectivity index (χ4n) is 3.38. The number of aromatic nitrogens is 1. The van der Waals surface area contributed by atoms with Gasteiger partial charge in [-0.05, 0) is 35.0 Å². The Morgan fingerprint density at radius 1 is 1.00 bits per heavy atom. The Kier molecular flexibility index (Phi) is 3.42. The highest BCUT2D eigenvalue weighted by molar-refractivity contribution is 7.19. The van der Waals surface area contributed by atoms with Gasteiger partial charge in [0, 0.05) is 17.0 Å². The van der Waals surface area contributed by atoms with Crippen molar-refractivity contribution in [2.75, 3.05) is 0 Å². The largest absolute Gasteiger partial charge is 0.442 e. The van der Waals surface area contributed by atoms with Crippen molar-refractivity contribution < 1.29 is 14.0 Å². The average molecular weight is 373 g/mol. The van der Waals surface area contributed by atoms with Crippen molar-refractivity contribution in [1.82, 2.24) is 4.98 Å². The van der Waals surface area contributed by atoms with Gasteiger partial charge in [0.1, 0.15) is 10.8 Å². The van der Waals surface area contributed by atoms with Crippen LogP contribution in [0.1, 0.15) is 51.2 Å². The first-order valence-corrected chi connectivity index (χ1v) is 9.57. The molecule has 0 fully saturated rings. The molecule has 0 amide bonds. The zero-order chi connectivity index (χ0) is 18.7. The van der Waals surface area contributed by atoms with Gasteiger partial charge < -0.3 is 4.42 Å². The van der Waals surface area contributed by atoms with Crippen LogP contribution in [0.2, 0.25) is 0 Å². The molecule has 2 aromatic carbocycles. The minimum atomic E-state index is -0.240. The van der Waals surface area contributed by atoms with Gasteiger partial charge in [-0.2, -0.15) is 0 Å². The smallest absolute Gasteiger partial charge is 0.237 e. The first-order valence-electron chi connectivity index (χ1n) is 8.75. The third-order valence-corrected chi connectivity index (χ3v) is 5.76. The SMILES string of the molecule is CC(C)c1cc2sc(C=C3C(=O)c4cc5ccccc5cc4C3=O)nc2o1. The van der Waals surface area contributed by atoms with Crippen molar-refractivity contribution in [1.29, 1.82) is 0 Å². The van der Waals surface area contributed by atoms with Crippen molar-refractivity contribution in [3.63, 3.8) is 0 Å². The Balaban J connectivity index is 1.58. The Morgan fingerprint density at radius 3 is 2.19 bits per heavy atom. The number of Topliss-reactive ketones (excluding diaryl/α,β-unsaturated/α-hetero) is 2. The number of thiazole rings is 1. The Morgan fingerprint density at radius 2 is 1.63 bits per heavy atom. The summed E-state index contributed by atoms with van der Waals surface area (Å²) in [7, 11) is 0. The van der Waals surface area contributed by atoms with Crippen LogP contribution in [0.3, 0.4) is 0 Å². The van der Waals surface area contributed by atoms with E-state index >= 15 is 0 Å². The van der Waals surface area contributed by atoms with E-state index in [0.29, 0.717) is 21.8 Å². The van der Waals surface area contributed by atoms with E-state index in [2.05, 4.69) is 18.8 Å². The molecule has 1 aliphatic rings. The summed E-state index contributed by atoms with van der Waals surface area (Å²) in [6.45, 7) is 4.12. The topological polar surface area (TPSA) is 60.2 Å². The molecule has 132 valence electrons. The third-order valence-electron chi connectivity index (χ3n) is 4.83. The number of nitrogens with zero attached hydrogens (tertiary/aromatic N) is 1. The lowest BCUT2D eigenvalue weighted by molar-refractivity contribution is 0.0990.